The van der Waals surface area contributed by atoms with E-state index in [1.54, 1.807) is 0 Å². The summed E-state index contributed by atoms with van der Waals surface area (Å²) in [6.45, 7) is 0. The van der Waals surface area contributed by atoms with Crippen molar-refractivity contribution < 1.29 is 4.42 Å². The van der Waals surface area contributed by atoms with Crippen LogP contribution >= 0.6 is 0 Å². The average molecular weight is 270 g/mol. The minimum Gasteiger partial charge on any atom is -0.441 e. The fourth-order valence-corrected chi connectivity index (χ4v) is 4.45. The van der Waals surface area contributed by atoms with Crippen LogP contribution in [0.3, 0.4) is 0 Å². The minimum absolute atomic E-state index is 0.512. The summed E-state index contributed by atoms with van der Waals surface area (Å²) in [4.78, 5) is 4.63. The van der Waals surface area contributed by atoms with Crippen molar-refractivity contribution in [1.82, 2.24) is 10.3 Å². The summed E-state index contributed by atoms with van der Waals surface area (Å²) in [5.41, 5.74) is 1.88. The lowest BCUT2D eigenvalue weighted by Gasteiger charge is -2.29. The Balaban J connectivity index is 1.54. The summed E-state index contributed by atoms with van der Waals surface area (Å²) < 4.78 is 5.89. The van der Waals surface area contributed by atoms with Gasteiger partial charge in [-0.15, -0.1) is 0 Å². The van der Waals surface area contributed by atoms with Gasteiger partial charge in [0, 0.05) is 12.5 Å². The van der Waals surface area contributed by atoms with E-state index >= 15 is 0 Å². The molecule has 2 aromatic rings. The zero-order valence-corrected chi connectivity index (χ0v) is 12.0. The Morgan fingerprint density at radius 3 is 2.90 bits per heavy atom. The summed E-state index contributed by atoms with van der Waals surface area (Å²) in [6.07, 6.45) is 6.66. The van der Waals surface area contributed by atoms with E-state index < -0.39 is 0 Å². The SMILES string of the molecule is CNC(Cc1nc2ccccc2o1)C1CC2CCC1C2. The first-order chi connectivity index (χ1) is 9.83. The minimum atomic E-state index is 0.512. The van der Waals surface area contributed by atoms with E-state index in [-0.39, 0.29) is 0 Å². The molecule has 0 radical (unpaired) electrons. The largest absolute Gasteiger partial charge is 0.441 e. The van der Waals surface area contributed by atoms with Gasteiger partial charge in [0.2, 0.25) is 0 Å². The predicted molar refractivity (Wildman–Crippen MR) is 79.5 cm³/mol. The number of hydrogen-bond acceptors (Lipinski definition) is 3. The maximum absolute atomic E-state index is 5.89. The second-order valence-electron chi connectivity index (χ2n) is 6.51. The molecule has 106 valence electrons. The van der Waals surface area contributed by atoms with Gasteiger partial charge in [-0.2, -0.15) is 0 Å². The molecule has 1 N–H and O–H groups in total. The number of nitrogens with zero attached hydrogens (tertiary/aromatic N) is 1. The van der Waals surface area contributed by atoms with Crippen LogP contribution in [0.15, 0.2) is 28.7 Å². The first-order valence-corrected chi connectivity index (χ1v) is 7.85. The third-order valence-corrected chi connectivity index (χ3v) is 5.41. The van der Waals surface area contributed by atoms with E-state index in [0.29, 0.717) is 6.04 Å². The fraction of sp³-hybridized carbons (Fsp3) is 0.588. The highest BCUT2D eigenvalue weighted by molar-refractivity contribution is 5.72. The highest BCUT2D eigenvalue weighted by Gasteiger charge is 2.42. The molecule has 2 aliphatic rings. The molecule has 2 fully saturated rings. The van der Waals surface area contributed by atoms with Crippen molar-refractivity contribution in [2.75, 3.05) is 7.05 Å². The third kappa shape index (κ3) is 2.05. The predicted octanol–water partition coefficient (Wildman–Crippen LogP) is 3.39. The second-order valence-corrected chi connectivity index (χ2v) is 6.51. The molecule has 0 saturated heterocycles. The van der Waals surface area contributed by atoms with Gasteiger partial charge in [0.25, 0.3) is 0 Å². The number of para-hydroxylation sites is 2. The Morgan fingerprint density at radius 2 is 2.20 bits per heavy atom. The molecule has 0 spiro atoms. The van der Waals surface area contributed by atoms with E-state index in [4.69, 9.17) is 4.42 Å². The van der Waals surface area contributed by atoms with E-state index in [1.165, 1.54) is 25.7 Å². The maximum atomic E-state index is 5.89. The number of rotatable bonds is 4. The van der Waals surface area contributed by atoms with Crippen LogP contribution in [0, 0.1) is 17.8 Å². The van der Waals surface area contributed by atoms with Gasteiger partial charge < -0.3 is 9.73 Å². The molecular formula is C17H22N2O. The molecule has 2 aliphatic carbocycles. The van der Waals surface area contributed by atoms with Crippen molar-refractivity contribution in [3.05, 3.63) is 30.2 Å². The Kier molecular flexibility index (Phi) is 3.03. The monoisotopic (exact) mass is 270 g/mol. The van der Waals surface area contributed by atoms with Crippen molar-refractivity contribution in [2.24, 2.45) is 17.8 Å². The Labute approximate surface area is 119 Å². The molecule has 0 amide bonds. The molecule has 0 aliphatic heterocycles. The van der Waals surface area contributed by atoms with Gasteiger partial charge in [0.05, 0.1) is 0 Å². The lowest BCUT2D eigenvalue weighted by molar-refractivity contribution is 0.247. The number of oxazole rings is 1. The summed E-state index contributed by atoms with van der Waals surface area (Å²) in [7, 11) is 2.08. The van der Waals surface area contributed by atoms with Crippen LogP contribution in [-0.2, 0) is 6.42 Å². The molecule has 4 atom stereocenters. The normalized spacial score (nSPS) is 30.1. The molecule has 2 saturated carbocycles. The van der Waals surface area contributed by atoms with E-state index in [2.05, 4.69) is 17.3 Å². The van der Waals surface area contributed by atoms with Crippen LogP contribution in [0.5, 0.6) is 0 Å². The standard InChI is InChI=1S/C17H22N2O/c1-18-15(13-9-11-6-7-12(13)8-11)10-17-19-14-4-2-3-5-16(14)20-17/h2-5,11-13,15,18H,6-10H2,1H3. The zero-order chi connectivity index (χ0) is 13.5. The number of likely N-dealkylation sites (N-methyl/N-ethyl adjacent to an activating group) is 1. The van der Waals surface area contributed by atoms with Gasteiger partial charge in [-0.3, -0.25) is 0 Å². The molecule has 1 aromatic heterocycles. The van der Waals surface area contributed by atoms with Gasteiger partial charge in [-0.05, 0) is 56.2 Å². The van der Waals surface area contributed by atoms with Crippen LogP contribution in [0.2, 0.25) is 0 Å². The second kappa shape index (κ2) is 4.88. The van der Waals surface area contributed by atoms with E-state index in [9.17, 15) is 0 Å². The van der Waals surface area contributed by atoms with Crippen LogP contribution in [-0.4, -0.2) is 18.1 Å². The van der Waals surface area contributed by atoms with Gasteiger partial charge >= 0.3 is 0 Å². The number of aromatic nitrogens is 1. The quantitative estimate of drug-likeness (QED) is 0.925. The van der Waals surface area contributed by atoms with Crippen molar-refractivity contribution in [2.45, 2.75) is 38.1 Å². The number of nitrogens with one attached hydrogen (secondary N) is 1. The summed E-state index contributed by atoms with van der Waals surface area (Å²) in [5.74, 6) is 3.62. The van der Waals surface area contributed by atoms with Crippen molar-refractivity contribution >= 4 is 11.1 Å². The number of hydrogen-bond donors (Lipinski definition) is 1. The first kappa shape index (κ1) is 12.4. The van der Waals surface area contributed by atoms with Crippen molar-refractivity contribution in [3.63, 3.8) is 0 Å². The fourth-order valence-electron chi connectivity index (χ4n) is 4.45. The molecule has 1 aromatic carbocycles. The zero-order valence-electron chi connectivity index (χ0n) is 12.0. The summed E-state index contributed by atoms with van der Waals surface area (Å²) in [5, 5.41) is 3.52. The third-order valence-electron chi connectivity index (χ3n) is 5.41. The van der Waals surface area contributed by atoms with Crippen molar-refractivity contribution in [3.8, 4) is 0 Å². The molecule has 1 heterocycles. The molecule has 3 heteroatoms. The average Bonchev–Trinajstić information content (AvgIpc) is 3.18. The Bertz CT molecular complexity index is 573. The molecular weight excluding hydrogens is 248 g/mol. The van der Waals surface area contributed by atoms with Gasteiger partial charge in [0.15, 0.2) is 11.5 Å². The molecule has 4 unspecified atom stereocenters. The van der Waals surface area contributed by atoms with Gasteiger partial charge in [0.1, 0.15) is 5.52 Å². The molecule has 4 rings (SSSR count). The van der Waals surface area contributed by atoms with Crippen LogP contribution in [0.25, 0.3) is 11.1 Å². The van der Waals surface area contributed by atoms with Crippen LogP contribution in [0.4, 0.5) is 0 Å². The topological polar surface area (TPSA) is 38.1 Å². The Hall–Kier alpha value is -1.35. The Morgan fingerprint density at radius 1 is 1.30 bits per heavy atom. The number of benzene rings is 1. The van der Waals surface area contributed by atoms with Crippen LogP contribution in [0.1, 0.15) is 31.6 Å². The smallest absolute Gasteiger partial charge is 0.197 e. The first-order valence-electron chi connectivity index (χ1n) is 7.85. The number of fused-ring (bicyclic) bond motifs is 3. The van der Waals surface area contributed by atoms with Crippen LogP contribution < -0.4 is 5.32 Å². The molecule has 3 nitrogen and oxygen atoms in total. The molecule has 20 heavy (non-hydrogen) atoms. The highest BCUT2D eigenvalue weighted by Crippen LogP contribution is 2.49. The summed E-state index contributed by atoms with van der Waals surface area (Å²) in [6, 6.07) is 8.55. The maximum Gasteiger partial charge on any atom is 0.197 e. The van der Waals surface area contributed by atoms with Crippen molar-refractivity contribution in [1.29, 1.82) is 0 Å². The lowest BCUT2D eigenvalue weighted by Crippen LogP contribution is -2.38. The molecule has 2 bridgehead atoms. The van der Waals surface area contributed by atoms with E-state index in [0.717, 1.165) is 41.2 Å². The lowest BCUT2D eigenvalue weighted by atomic mass is 9.82. The van der Waals surface area contributed by atoms with E-state index in [1.807, 2.05) is 24.3 Å². The highest BCUT2D eigenvalue weighted by atomic mass is 16.3. The summed E-state index contributed by atoms with van der Waals surface area (Å²) >= 11 is 0. The van der Waals surface area contributed by atoms with Gasteiger partial charge in [-0.1, -0.05) is 18.6 Å². The van der Waals surface area contributed by atoms with Gasteiger partial charge in [-0.25, -0.2) is 4.98 Å².